The van der Waals surface area contributed by atoms with Gasteiger partial charge in [0.1, 0.15) is 0 Å². The van der Waals surface area contributed by atoms with Crippen LogP contribution in [0.5, 0.6) is 0 Å². The highest BCUT2D eigenvalue weighted by molar-refractivity contribution is 7.80. The summed E-state index contributed by atoms with van der Waals surface area (Å²) in [4.78, 5) is 0. The van der Waals surface area contributed by atoms with Gasteiger partial charge in [-0.15, -0.1) is 0 Å². The van der Waals surface area contributed by atoms with Crippen LogP contribution in [0.3, 0.4) is 0 Å². The van der Waals surface area contributed by atoms with Gasteiger partial charge in [0.25, 0.3) is 0 Å². The minimum absolute atomic E-state index is 0.0125. The summed E-state index contributed by atoms with van der Waals surface area (Å²) in [6.45, 7) is 2.15. The van der Waals surface area contributed by atoms with Crippen LogP contribution in [0, 0.1) is 5.92 Å². The van der Waals surface area contributed by atoms with Gasteiger partial charge in [-0.2, -0.15) is 12.6 Å². The van der Waals surface area contributed by atoms with Crippen molar-refractivity contribution in [2.45, 2.75) is 50.4 Å². The number of hydrogen-bond donors (Lipinski definition) is 2. The predicted octanol–water partition coefficient (Wildman–Crippen LogP) is 2.25. The maximum absolute atomic E-state index is 9.24. The van der Waals surface area contributed by atoms with Crippen molar-refractivity contribution in [3.8, 4) is 0 Å². The Morgan fingerprint density at radius 1 is 1.36 bits per heavy atom. The van der Waals surface area contributed by atoms with Gasteiger partial charge in [0.05, 0.1) is 6.10 Å². The Bertz CT molecular complexity index is 106. The first-order chi connectivity index (χ1) is 5.18. The van der Waals surface area contributed by atoms with E-state index in [4.69, 9.17) is 0 Å². The molecule has 0 aliphatic heterocycles. The van der Waals surface area contributed by atoms with Crippen LogP contribution in [0.25, 0.3) is 0 Å². The van der Waals surface area contributed by atoms with Crippen molar-refractivity contribution in [3.05, 3.63) is 0 Å². The molecule has 0 aromatic rings. The smallest absolute Gasteiger partial charge is 0.0540 e. The minimum atomic E-state index is -0.0125. The Kier molecular flexibility index (Phi) is 3.73. The van der Waals surface area contributed by atoms with Gasteiger partial charge in [-0.25, -0.2) is 0 Å². The summed E-state index contributed by atoms with van der Waals surface area (Å²) in [7, 11) is 0. The number of aliphatic hydroxyl groups excluding tert-OH is 1. The zero-order chi connectivity index (χ0) is 8.27. The molecule has 1 aliphatic carbocycles. The van der Waals surface area contributed by atoms with E-state index in [0.29, 0.717) is 5.25 Å². The molecular formula is C9H18OS. The standard InChI is InChI=1S/C9H18OS/c1-7(11)6-8-2-4-9(10)5-3-8/h7-11H,2-6H2,1H3/t7?,8-,9+. The molecular weight excluding hydrogens is 156 g/mol. The molecule has 1 fully saturated rings. The summed E-state index contributed by atoms with van der Waals surface area (Å²) in [5.41, 5.74) is 0. The monoisotopic (exact) mass is 174 g/mol. The molecule has 1 nitrogen and oxygen atoms in total. The normalized spacial score (nSPS) is 35.2. The maximum atomic E-state index is 9.24. The van der Waals surface area contributed by atoms with E-state index in [1.165, 1.54) is 19.3 Å². The van der Waals surface area contributed by atoms with Crippen molar-refractivity contribution in [2.24, 2.45) is 5.92 Å². The minimum Gasteiger partial charge on any atom is -0.393 e. The summed E-state index contributed by atoms with van der Waals surface area (Å²) in [5.74, 6) is 0.825. The fourth-order valence-corrected chi connectivity index (χ4v) is 2.16. The summed E-state index contributed by atoms with van der Waals surface area (Å²) in [6.07, 6.45) is 5.62. The molecule has 0 heterocycles. The van der Waals surface area contributed by atoms with E-state index in [9.17, 15) is 5.11 Å². The van der Waals surface area contributed by atoms with Crippen LogP contribution in [0.1, 0.15) is 39.0 Å². The van der Waals surface area contributed by atoms with Crippen molar-refractivity contribution < 1.29 is 5.11 Å². The van der Waals surface area contributed by atoms with E-state index < -0.39 is 0 Å². The molecule has 1 N–H and O–H groups in total. The van der Waals surface area contributed by atoms with Crippen molar-refractivity contribution >= 4 is 12.6 Å². The third-order valence-electron chi connectivity index (χ3n) is 2.49. The molecule has 1 unspecified atom stereocenters. The van der Waals surface area contributed by atoms with Crippen LogP contribution in [-0.2, 0) is 0 Å². The predicted molar refractivity (Wildman–Crippen MR) is 51.0 cm³/mol. The molecule has 11 heavy (non-hydrogen) atoms. The highest BCUT2D eigenvalue weighted by Gasteiger charge is 2.19. The molecule has 1 aliphatic rings. The van der Waals surface area contributed by atoms with Gasteiger partial charge < -0.3 is 5.11 Å². The lowest BCUT2D eigenvalue weighted by molar-refractivity contribution is 0.107. The second-order valence-corrected chi connectivity index (χ2v) is 4.64. The zero-order valence-corrected chi connectivity index (χ0v) is 8.06. The zero-order valence-electron chi connectivity index (χ0n) is 7.16. The number of aliphatic hydroxyl groups is 1. The quantitative estimate of drug-likeness (QED) is 0.615. The van der Waals surface area contributed by atoms with Crippen molar-refractivity contribution in [3.63, 3.8) is 0 Å². The molecule has 1 saturated carbocycles. The lowest BCUT2D eigenvalue weighted by Crippen LogP contribution is -2.19. The van der Waals surface area contributed by atoms with Gasteiger partial charge in [0, 0.05) is 0 Å². The first-order valence-corrected chi connectivity index (χ1v) is 5.06. The molecule has 0 aromatic carbocycles. The Morgan fingerprint density at radius 3 is 2.36 bits per heavy atom. The van der Waals surface area contributed by atoms with Crippen LogP contribution in [0.15, 0.2) is 0 Å². The van der Waals surface area contributed by atoms with Crippen molar-refractivity contribution in [1.29, 1.82) is 0 Å². The molecule has 2 heteroatoms. The van der Waals surface area contributed by atoms with Gasteiger partial charge in [0.15, 0.2) is 0 Å². The number of thiol groups is 1. The fraction of sp³-hybridized carbons (Fsp3) is 1.00. The van der Waals surface area contributed by atoms with Gasteiger partial charge in [-0.05, 0) is 43.3 Å². The van der Waals surface area contributed by atoms with Crippen molar-refractivity contribution in [1.82, 2.24) is 0 Å². The van der Waals surface area contributed by atoms with E-state index in [-0.39, 0.29) is 6.10 Å². The molecule has 1 atom stereocenters. The Labute approximate surface area is 74.6 Å². The molecule has 0 aromatic heterocycles. The topological polar surface area (TPSA) is 20.2 Å². The van der Waals surface area contributed by atoms with Gasteiger partial charge in [0.2, 0.25) is 0 Å². The lowest BCUT2D eigenvalue weighted by Gasteiger charge is -2.26. The van der Waals surface area contributed by atoms with E-state index in [1.807, 2.05) is 0 Å². The lowest BCUT2D eigenvalue weighted by atomic mass is 9.85. The maximum Gasteiger partial charge on any atom is 0.0540 e. The van der Waals surface area contributed by atoms with E-state index in [1.54, 1.807) is 0 Å². The second-order valence-electron chi connectivity index (χ2n) is 3.76. The molecule has 0 spiro atoms. The first-order valence-electron chi connectivity index (χ1n) is 4.54. The largest absolute Gasteiger partial charge is 0.393 e. The summed E-state index contributed by atoms with van der Waals surface area (Å²) >= 11 is 4.37. The summed E-state index contributed by atoms with van der Waals surface area (Å²) < 4.78 is 0. The van der Waals surface area contributed by atoms with E-state index in [0.717, 1.165) is 18.8 Å². The molecule has 0 bridgehead atoms. The number of rotatable bonds is 2. The first kappa shape index (κ1) is 9.40. The molecule has 0 amide bonds. The summed E-state index contributed by atoms with van der Waals surface area (Å²) in [5, 5.41) is 9.77. The molecule has 0 radical (unpaired) electrons. The van der Waals surface area contributed by atoms with Crippen LogP contribution in [0.4, 0.5) is 0 Å². The Morgan fingerprint density at radius 2 is 1.91 bits per heavy atom. The third kappa shape index (κ3) is 3.48. The third-order valence-corrected chi connectivity index (χ3v) is 2.70. The van der Waals surface area contributed by atoms with Gasteiger partial charge in [-0.3, -0.25) is 0 Å². The van der Waals surface area contributed by atoms with E-state index in [2.05, 4.69) is 19.6 Å². The fourth-order valence-electron chi connectivity index (χ4n) is 1.86. The van der Waals surface area contributed by atoms with Crippen LogP contribution in [0.2, 0.25) is 0 Å². The molecule has 66 valence electrons. The average Bonchev–Trinajstić information content (AvgIpc) is 1.93. The van der Waals surface area contributed by atoms with Crippen LogP contribution < -0.4 is 0 Å². The SMILES string of the molecule is CC(S)C[C@H]1CC[C@@H](O)CC1. The molecule has 1 rings (SSSR count). The van der Waals surface area contributed by atoms with Gasteiger partial charge in [-0.1, -0.05) is 6.92 Å². The van der Waals surface area contributed by atoms with Crippen LogP contribution in [-0.4, -0.2) is 16.5 Å². The average molecular weight is 174 g/mol. The Balaban J connectivity index is 2.17. The second kappa shape index (κ2) is 4.36. The molecule has 0 saturated heterocycles. The number of hydrogen-bond acceptors (Lipinski definition) is 2. The Hall–Kier alpha value is 0.310. The van der Waals surface area contributed by atoms with Gasteiger partial charge >= 0.3 is 0 Å². The highest BCUT2D eigenvalue weighted by atomic mass is 32.1. The van der Waals surface area contributed by atoms with E-state index >= 15 is 0 Å². The van der Waals surface area contributed by atoms with Crippen molar-refractivity contribution in [2.75, 3.05) is 0 Å². The van der Waals surface area contributed by atoms with Crippen LogP contribution >= 0.6 is 12.6 Å². The highest BCUT2D eigenvalue weighted by Crippen LogP contribution is 2.28. The summed E-state index contributed by atoms with van der Waals surface area (Å²) in [6, 6.07) is 0.